The van der Waals surface area contributed by atoms with Crippen LogP contribution in [0, 0.1) is 0 Å². The van der Waals surface area contributed by atoms with E-state index in [1.807, 2.05) is 31.2 Å². The maximum absolute atomic E-state index is 5.65. The molecule has 3 N–H and O–H groups in total. The summed E-state index contributed by atoms with van der Waals surface area (Å²) in [5, 5.41) is 4.78. The average molecular weight is 247 g/mol. The highest BCUT2D eigenvalue weighted by Crippen LogP contribution is 2.25. The SMILES string of the molecule is CCNc1cc(Sc2ccccn2)nc(N)n1. The van der Waals surface area contributed by atoms with Gasteiger partial charge in [0.2, 0.25) is 5.95 Å². The molecule has 2 aromatic rings. The van der Waals surface area contributed by atoms with Crippen LogP contribution in [-0.4, -0.2) is 21.5 Å². The minimum atomic E-state index is 0.266. The minimum absolute atomic E-state index is 0.266. The van der Waals surface area contributed by atoms with Crippen molar-refractivity contribution in [1.29, 1.82) is 0 Å². The Morgan fingerprint density at radius 2 is 2.18 bits per heavy atom. The molecule has 17 heavy (non-hydrogen) atoms. The molecule has 2 rings (SSSR count). The molecule has 2 heterocycles. The first-order valence-electron chi connectivity index (χ1n) is 5.25. The summed E-state index contributed by atoms with van der Waals surface area (Å²) in [6.45, 7) is 2.80. The first-order chi connectivity index (χ1) is 8.28. The number of nitrogen functional groups attached to an aromatic ring is 1. The second-order valence-electron chi connectivity index (χ2n) is 3.25. The Morgan fingerprint density at radius 1 is 1.29 bits per heavy atom. The molecule has 0 spiro atoms. The highest BCUT2D eigenvalue weighted by atomic mass is 32.2. The van der Waals surface area contributed by atoms with Gasteiger partial charge in [-0.15, -0.1) is 0 Å². The fourth-order valence-corrected chi connectivity index (χ4v) is 2.07. The van der Waals surface area contributed by atoms with Crippen LogP contribution in [0.25, 0.3) is 0 Å². The molecule has 0 aliphatic heterocycles. The number of nitrogens with two attached hydrogens (primary N) is 1. The van der Waals surface area contributed by atoms with Crippen LogP contribution in [0.3, 0.4) is 0 Å². The number of nitrogens with zero attached hydrogens (tertiary/aromatic N) is 3. The third-order valence-electron chi connectivity index (χ3n) is 1.92. The van der Waals surface area contributed by atoms with Gasteiger partial charge in [-0.05, 0) is 30.8 Å². The lowest BCUT2D eigenvalue weighted by Gasteiger charge is -2.05. The maximum Gasteiger partial charge on any atom is 0.223 e. The second kappa shape index (κ2) is 5.49. The molecule has 5 nitrogen and oxygen atoms in total. The fraction of sp³-hybridized carbons (Fsp3) is 0.182. The van der Waals surface area contributed by atoms with Gasteiger partial charge in [-0.1, -0.05) is 6.07 Å². The Hall–Kier alpha value is -1.82. The van der Waals surface area contributed by atoms with E-state index in [2.05, 4.69) is 20.3 Å². The molecule has 0 unspecified atom stereocenters. The third-order valence-corrected chi connectivity index (χ3v) is 2.79. The van der Waals surface area contributed by atoms with Gasteiger partial charge in [0.15, 0.2) is 0 Å². The Morgan fingerprint density at radius 3 is 2.88 bits per heavy atom. The molecule has 0 amide bonds. The van der Waals surface area contributed by atoms with Crippen molar-refractivity contribution in [2.24, 2.45) is 0 Å². The lowest BCUT2D eigenvalue weighted by molar-refractivity contribution is 1.04. The fourth-order valence-electron chi connectivity index (χ4n) is 1.28. The van der Waals surface area contributed by atoms with Crippen molar-refractivity contribution in [2.45, 2.75) is 17.0 Å². The summed E-state index contributed by atoms with van der Waals surface area (Å²) >= 11 is 1.46. The quantitative estimate of drug-likeness (QED) is 0.805. The van der Waals surface area contributed by atoms with Crippen LogP contribution in [0.4, 0.5) is 11.8 Å². The van der Waals surface area contributed by atoms with Crippen LogP contribution < -0.4 is 11.1 Å². The van der Waals surface area contributed by atoms with Gasteiger partial charge in [0.05, 0.1) is 0 Å². The van der Waals surface area contributed by atoms with Gasteiger partial charge in [0, 0.05) is 18.8 Å². The highest BCUT2D eigenvalue weighted by molar-refractivity contribution is 7.99. The molecule has 88 valence electrons. The van der Waals surface area contributed by atoms with Gasteiger partial charge < -0.3 is 11.1 Å². The number of anilines is 2. The number of pyridine rings is 1. The van der Waals surface area contributed by atoms with E-state index in [-0.39, 0.29) is 5.95 Å². The predicted octanol–water partition coefficient (Wildman–Crippen LogP) is 2.04. The smallest absolute Gasteiger partial charge is 0.223 e. The van der Waals surface area contributed by atoms with Gasteiger partial charge in [-0.3, -0.25) is 0 Å². The third kappa shape index (κ3) is 3.32. The molecule has 0 bridgehead atoms. The van der Waals surface area contributed by atoms with Gasteiger partial charge in [0.25, 0.3) is 0 Å². The molecular weight excluding hydrogens is 234 g/mol. The van der Waals surface area contributed by atoms with Crippen molar-refractivity contribution in [3.8, 4) is 0 Å². The number of hydrogen-bond acceptors (Lipinski definition) is 6. The van der Waals surface area contributed by atoms with E-state index in [4.69, 9.17) is 5.73 Å². The van der Waals surface area contributed by atoms with Crippen LogP contribution in [0.15, 0.2) is 40.5 Å². The van der Waals surface area contributed by atoms with Gasteiger partial charge >= 0.3 is 0 Å². The highest BCUT2D eigenvalue weighted by Gasteiger charge is 2.04. The zero-order chi connectivity index (χ0) is 12.1. The summed E-state index contributed by atoms with van der Waals surface area (Å²) in [6.07, 6.45) is 1.75. The van der Waals surface area contributed by atoms with E-state index in [1.54, 1.807) is 6.20 Å². The Labute approximate surface area is 104 Å². The van der Waals surface area contributed by atoms with Gasteiger partial charge in [0.1, 0.15) is 15.9 Å². The number of aromatic nitrogens is 3. The molecule has 0 saturated heterocycles. The number of nitrogens with one attached hydrogen (secondary N) is 1. The van der Waals surface area contributed by atoms with E-state index in [1.165, 1.54) is 11.8 Å². The first-order valence-corrected chi connectivity index (χ1v) is 6.07. The Balaban J connectivity index is 2.21. The summed E-state index contributed by atoms with van der Waals surface area (Å²) in [5.74, 6) is 1.00. The summed E-state index contributed by atoms with van der Waals surface area (Å²) in [5.41, 5.74) is 5.65. The van der Waals surface area contributed by atoms with E-state index in [9.17, 15) is 0 Å². The maximum atomic E-state index is 5.65. The van der Waals surface area contributed by atoms with E-state index >= 15 is 0 Å². The molecule has 0 atom stereocenters. The van der Waals surface area contributed by atoms with E-state index in [0.717, 1.165) is 22.4 Å². The van der Waals surface area contributed by atoms with Crippen molar-refractivity contribution in [3.63, 3.8) is 0 Å². The lowest BCUT2D eigenvalue weighted by atomic mass is 10.5. The molecule has 0 aliphatic rings. The van der Waals surface area contributed by atoms with E-state index in [0.29, 0.717) is 0 Å². The summed E-state index contributed by atoms with van der Waals surface area (Å²) in [7, 11) is 0. The molecule has 0 saturated carbocycles. The molecular formula is C11H13N5S. The standard InChI is InChI=1S/C11H13N5S/c1-2-13-8-7-10(16-11(12)15-8)17-9-5-3-4-6-14-9/h3-7H,2H2,1H3,(H3,12,13,15,16). The van der Waals surface area contributed by atoms with Crippen molar-refractivity contribution in [2.75, 3.05) is 17.6 Å². The topological polar surface area (TPSA) is 76.7 Å². The Kier molecular flexibility index (Phi) is 3.77. The zero-order valence-corrected chi connectivity index (χ0v) is 10.2. The molecule has 0 radical (unpaired) electrons. The second-order valence-corrected chi connectivity index (χ2v) is 4.29. The van der Waals surface area contributed by atoms with Crippen molar-refractivity contribution >= 4 is 23.5 Å². The Bertz CT molecular complexity index is 488. The number of rotatable bonds is 4. The number of hydrogen-bond donors (Lipinski definition) is 2. The lowest BCUT2D eigenvalue weighted by Crippen LogP contribution is -2.03. The van der Waals surface area contributed by atoms with Crippen LogP contribution in [0.2, 0.25) is 0 Å². The van der Waals surface area contributed by atoms with Crippen LogP contribution in [0.5, 0.6) is 0 Å². The molecule has 2 aromatic heterocycles. The zero-order valence-electron chi connectivity index (χ0n) is 9.42. The largest absolute Gasteiger partial charge is 0.370 e. The van der Waals surface area contributed by atoms with Gasteiger partial charge in [-0.25, -0.2) is 9.97 Å². The molecule has 0 aromatic carbocycles. The molecule has 0 aliphatic carbocycles. The first kappa shape index (κ1) is 11.7. The van der Waals surface area contributed by atoms with Crippen molar-refractivity contribution in [1.82, 2.24) is 15.0 Å². The molecule has 6 heteroatoms. The molecule has 0 fully saturated rings. The van der Waals surface area contributed by atoms with Gasteiger partial charge in [-0.2, -0.15) is 4.98 Å². The van der Waals surface area contributed by atoms with Crippen molar-refractivity contribution < 1.29 is 0 Å². The van der Waals surface area contributed by atoms with Crippen LogP contribution in [0.1, 0.15) is 6.92 Å². The van der Waals surface area contributed by atoms with E-state index < -0.39 is 0 Å². The monoisotopic (exact) mass is 247 g/mol. The van der Waals surface area contributed by atoms with Crippen LogP contribution >= 0.6 is 11.8 Å². The van der Waals surface area contributed by atoms with Crippen molar-refractivity contribution in [3.05, 3.63) is 30.5 Å². The average Bonchev–Trinajstić information content (AvgIpc) is 2.30. The minimum Gasteiger partial charge on any atom is -0.370 e. The predicted molar refractivity (Wildman–Crippen MR) is 69.0 cm³/mol. The van der Waals surface area contributed by atoms with Crippen LogP contribution in [-0.2, 0) is 0 Å². The summed E-state index contributed by atoms with van der Waals surface area (Å²) < 4.78 is 0. The normalized spacial score (nSPS) is 10.2. The summed E-state index contributed by atoms with van der Waals surface area (Å²) in [6, 6.07) is 7.60. The summed E-state index contributed by atoms with van der Waals surface area (Å²) in [4.78, 5) is 12.5.